The van der Waals surface area contributed by atoms with Crippen molar-refractivity contribution in [3.63, 3.8) is 0 Å². The molecule has 112 valence electrons. The summed E-state index contributed by atoms with van der Waals surface area (Å²) in [7, 11) is 2.93. The fraction of sp³-hybridized carbons (Fsp3) is 0.267. The number of hydrogen-bond acceptors (Lipinski definition) is 5. The number of carboxylic acid groups (broad SMARTS) is 1. The van der Waals surface area contributed by atoms with Crippen LogP contribution in [0.4, 0.5) is 0 Å². The van der Waals surface area contributed by atoms with Crippen molar-refractivity contribution in [3.05, 3.63) is 40.1 Å². The molecule has 0 saturated carbocycles. The summed E-state index contributed by atoms with van der Waals surface area (Å²) in [6.07, 6.45) is 0.760. The maximum absolute atomic E-state index is 11.1. The number of rotatable bonds is 7. The number of methoxy groups -OCH3 is 2. The Kier molecular flexibility index (Phi) is 5.05. The Morgan fingerprint density at radius 3 is 2.38 bits per heavy atom. The Morgan fingerprint density at radius 1 is 1.24 bits per heavy atom. The largest absolute Gasteiger partial charge is 0.493 e. The zero-order valence-corrected chi connectivity index (χ0v) is 12.6. The van der Waals surface area contributed by atoms with E-state index in [1.54, 1.807) is 11.3 Å². The topological polar surface area (TPSA) is 65.0 Å². The highest BCUT2D eigenvalue weighted by atomic mass is 32.1. The van der Waals surface area contributed by atoms with Gasteiger partial charge in [-0.15, -0.1) is 0 Å². The second kappa shape index (κ2) is 6.99. The quantitative estimate of drug-likeness (QED) is 0.851. The normalized spacial score (nSPS) is 10.2. The molecule has 6 heteroatoms. The van der Waals surface area contributed by atoms with Crippen LogP contribution in [-0.4, -0.2) is 31.9 Å². The summed E-state index contributed by atoms with van der Waals surface area (Å²) < 4.78 is 16.1. The molecule has 0 fully saturated rings. The van der Waals surface area contributed by atoms with Crippen molar-refractivity contribution >= 4 is 17.3 Å². The third kappa shape index (κ3) is 3.66. The third-order valence-corrected chi connectivity index (χ3v) is 3.66. The van der Waals surface area contributed by atoms with Gasteiger partial charge < -0.3 is 19.3 Å². The number of hydrogen-bond donors (Lipinski definition) is 1. The van der Waals surface area contributed by atoms with Gasteiger partial charge in [0, 0.05) is 6.42 Å². The third-order valence-electron chi connectivity index (χ3n) is 2.92. The number of thiophene rings is 1. The van der Waals surface area contributed by atoms with Crippen LogP contribution in [-0.2, 0) is 6.42 Å². The van der Waals surface area contributed by atoms with Crippen LogP contribution in [0, 0.1) is 0 Å². The molecule has 21 heavy (non-hydrogen) atoms. The van der Waals surface area contributed by atoms with E-state index < -0.39 is 5.97 Å². The molecule has 1 N–H and O–H groups in total. The van der Waals surface area contributed by atoms with E-state index >= 15 is 0 Å². The van der Waals surface area contributed by atoms with Crippen molar-refractivity contribution in [2.24, 2.45) is 0 Å². The van der Waals surface area contributed by atoms with Crippen molar-refractivity contribution < 1.29 is 24.1 Å². The molecule has 0 spiro atoms. The van der Waals surface area contributed by atoms with Crippen molar-refractivity contribution in [3.8, 4) is 17.2 Å². The smallest absolute Gasteiger partial charge is 0.335 e. The summed E-state index contributed by atoms with van der Waals surface area (Å²) in [4.78, 5) is 11.1. The van der Waals surface area contributed by atoms with Crippen LogP contribution in [0.15, 0.2) is 29.0 Å². The van der Waals surface area contributed by atoms with Crippen LogP contribution >= 0.6 is 11.3 Å². The molecule has 0 amide bonds. The Morgan fingerprint density at radius 2 is 1.90 bits per heavy atom. The minimum atomic E-state index is -1.04. The van der Waals surface area contributed by atoms with Gasteiger partial charge in [-0.2, -0.15) is 11.3 Å². The van der Waals surface area contributed by atoms with E-state index in [0.29, 0.717) is 23.9 Å². The highest BCUT2D eigenvalue weighted by molar-refractivity contribution is 7.07. The highest BCUT2D eigenvalue weighted by Crippen LogP contribution is 2.38. The van der Waals surface area contributed by atoms with Crippen LogP contribution < -0.4 is 14.2 Å². The lowest BCUT2D eigenvalue weighted by Crippen LogP contribution is -2.06. The molecular formula is C15H16O5S. The molecule has 5 nitrogen and oxygen atoms in total. The van der Waals surface area contributed by atoms with Crippen molar-refractivity contribution in [2.45, 2.75) is 6.42 Å². The maximum atomic E-state index is 11.1. The fourth-order valence-corrected chi connectivity index (χ4v) is 2.55. The van der Waals surface area contributed by atoms with Crippen LogP contribution in [0.5, 0.6) is 17.2 Å². The number of ether oxygens (including phenoxy) is 3. The molecule has 1 aromatic heterocycles. The van der Waals surface area contributed by atoms with Gasteiger partial charge in [-0.05, 0) is 34.5 Å². The van der Waals surface area contributed by atoms with Gasteiger partial charge in [0.25, 0.3) is 0 Å². The molecule has 0 aliphatic rings. The molecule has 0 saturated heterocycles. The number of carbonyl (C=O) groups is 1. The van der Waals surface area contributed by atoms with Gasteiger partial charge in [0.15, 0.2) is 11.5 Å². The van der Waals surface area contributed by atoms with E-state index in [9.17, 15) is 4.79 Å². The first-order valence-electron chi connectivity index (χ1n) is 6.29. The second-order valence-corrected chi connectivity index (χ2v) is 5.03. The van der Waals surface area contributed by atoms with Crippen molar-refractivity contribution in [1.29, 1.82) is 0 Å². The Labute approximate surface area is 126 Å². The van der Waals surface area contributed by atoms with E-state index in [4.69, 9.17) is 19.3 Å². The van der Waals surface area contributed by atoms with Crippen LogP contribution in [0.2, 0.25) is 0 Å². The number of benzene rings is 1. The molecule has 0 radical (unpaired) electrons. The Bertz CT molecular complexity index is 582. The van der Waals surface area contributed by atoms with Gasteiger partial charge in [0.1, 0.15) is 0 Å². The Balaban J connectivity index is 2.18. The fourth-order valence-electron chi connectivity index (χ4n) is 1.85. The van der Waals surface area contributed by atoms with Gasteiger partial charge in [0.05, 0.1) is 26.4 Å². The maximum Gasteiger partial charge on any atom is 0.335 e. The summed E-state index contributed by atoms with van der Waals surface area (Å²) in [6, 6.07) is 4.88. The molecule has 2 rings (SSSR count). The molecule has 0 atom stereocenters. The highest BCUT2D eigenvalue weighted by Gasteiger charge is 2.17. The minimum absolute atomic E-state index is 0.0916. The van der Waals surface area contributed by atoms with E-state index in [-0.39, 0.29) is 5.56 Å². The first kappa shape index (κ1) is 15.2. The number of carboxylic acids is 1. The molecule has 1 heterocycles. The predicted octanol–water partition coefficient (Wildman–Crippen LogP) is 3.09. The Hall–Kier alpha value is -2.21. The minimum Gasteiger partial charge on any atom is -0.493 e. The van der Waals surface area contributed by atoms with E-state index in [1.165, 1.54) is 31.9 Å². The molecule has 1 aromatic carbocycles. The van der Waals surface area contributed by atoms with Gasteiger partial charge in [0.2, 0.25) is 5.75 Å². The summed E-state index contributed by atoms with van der Waals surface area (Å²) in [5.74, 6) is 0.0609. The van der Waals surface area contributed by atoms with Crippen LogP contribution in [0.25, 0.3) is 0 Å². The van der Waals surface area contributed by atoms with E-state index in [2.05, 4.69) is 5.38 Å². The van der Waals surface area contributed by atoms with Gasteiger partial charge in [-0.25, -0.2) is 4.79 Å². The standard InChI is InChI=1S/C15H16O5S/c1-18-12-7-11(15(16)17)8-13(19-2)14(12)20-5-3-10-4-6-21-9-10/h4,6-9H,3,5H2,1-2H3,(H,16,17). The SMILES string of the molecule is COc1cc(C(=O)O)cc(OC)c1OCCc1ccsc1. The average molecular weight is 308 g/mol. The van der Waals surface area contributed by atoms with Gasteiger partial charge in [-0.3, -0.25) is 0 Å². The number of aromatic carboxylic acids is 1. The lowest BCUT2D eigenvalue weighted by Gasteiger charge is -2.15. The first-order valence-corrected chi connectivity index (χ1v) is 7.23. The lowest BCUT2D eigenvalue weighted by molar-refractivity contribution is 0.0696. The van der Waals surface area contributed by atoms with Gasteiger partial charge in [-0.1, -0.05) is 0 Å². The van der Waals surface area contributed by atoms with Crippen LogP contribution in [0.1, 0.15) is 15.9 Å². The van der Waals surface area contributed by atoms with E-state index in [0.717, 1.165) is 6.42 Å². The average Bonchev–Trinajstić information content (AvgIpc) is 3.00. The lowest BCUT2D eigenvalue weighted by atomic mass is 10.2. The van der Waals surface area contributed by atoms with Gasteiger partial charge >= 0.3 is 5.97 Å². The summed E-state index contributed by atoms with van der Waals surface area (Å²) in [5, 5.41) is 13.1. The molecule has 0 unspecified atom stereocenters. The molecule has 2 aromatic rings. The summed E-state index contributed by atoms with van der Waals surface area (Å²) in [6.45, 7) is 0.454. The summed E-state index contributed by atoms with van der Waals surface area (Å²) in [5.41, 5.74) is 1.29. The molecular weight excluding hydrogens is 292 g/mol. The van der Waals surface area contributed by atoms with Crippen molar-refractivity contribution in [1.82, 2.24) is 0 Å². The van der Waals surface area contributed by atoms with E-state index in [1.807, 2.05) is 11.4 Å². The summed E-state index contributed by atoms with van der Waals surface area (Å²) >= 11 is 1.64. The molecule has 0 bridgehead atoms. The second-order valence-electron chi connectivity index (χ2n) is 4.25. The van der Waals surface area contributed by atoms with Crippen LogP contribution in [0.3, 0.4) is 0 Å². The molecule has 0 aliphatic carbocycles. The molecule has 0 aliphatic heterocycles. The first-order chi connectivity index (χ1) is 10.2. The van der Waals surface area contributed by atoms with Crippen molar-refractivity contribution in [2.75, 3.05) is 20.8 Å². The predicted molar refractivity (Wildman–Crippen MR) is 80.0 cm³/mol. The zero-order chi connectivity index (χ0) is 15.2. The zero-order valence-electron chi connectivity index (χ0n) is 11.8. The monoisotopic (exact) mass is 308 g/mol.